The van der Waals surface area contributed by atoms with Crippen molar-refractivity contribution in [1.82, 2.24) is 9.97 Å². The fourth-order valence-electron chi connectivity index (χ4n) is 2.96. The third-order valence-electron chi connectivity index (χ3n) is 4.40. The van der Waals surface area contributed by atoms with Crippen LogP contribution in [0.25, 0.3) is 21.5 Å². The second-order valence-electron chi connectivity index (χ2n) is 6.47. The molecule has 4 aromatic rings. The highest BCUT2D eigenvalue weighted by molar-refractivity contribution is 7.21. The van der Waals surface area contributed by atoms with Gasteiger partial charge in [-0.15, -0.1) is 22.7 Å². The van der Waals surface area contributed by atoms with Crippen LogP contribution in [0.4, 0.5) is 27.1 Å². The second kappa shape index (κ2) is 8.43. The van der Waals surface area contributed by atoms with Gasteiger partial charge in [0.05, 0.1) is 10.6 Å². The first-order chi connectivity index (χ1) is 15.1. The number of fused-ring (bicyclic) bond motifs is 1. The van der Waals surface area contributed by atoms with Gasteiger partial charge in [-0.2, -0.15) is 22.0 Å². The molecule has 0 saturated heterocycles. The molecule has 3 aromatic heterocycles. The van der Waals surface area contributed by atoms with Crippen LogP contribution >= 0.6 is 22.7 Å². The van der Waals surface area contributed by atoms with Crippen LogP contribution in [0.3, 0.4) is 0 Å². The summed E-state index contributed by atoms with van der Waals surface area (Å²) in [7, 11) is 0. The summed E-state index contributed by atoms with van der Waals surface area (Å²) >= 11 is 1.91. The van der Waals surface area contributed by atoms with Crippen LogP contribution in [0.1, 0.15) is 20.9 Å². The van der Waals surface area contributed by atoms with E-state index >= 15 is 0 Å². The van der Waals surface area contributed by atoms with Gasteiger partial charge in [-0.25, -0.2) is 9.97 Å². The third kappa shape index (κ3) is 4.41. The highest BCUT2D eigenvalue weighted by Gasteiger charge is 2.33. The minimum atomic E-state index is -4.59. The van der Waals surface area contributed by atoms with Crippen LogP contribution in [-0.4, -0.2) is 22.5 Å². The number of anilines is 1. The Kier molecular flexibility index (Phi) is 5.82. The standard InChI is InChI=1S/C20H12F5N3O2S2/c1-9-10-6-7-14(20(23,24)25)27-17(10)32-15(9)16(29)28-19-26-12(8-31-19)11-4-2-3-5-13(11)30-18(21)22/h2-8,18H,1H3,(H,26,28,29). The zero-order chi connectivity index (χ0) is 23.0. The molecule has 0 spiro atoms. The maximum Gasteiger partial charge on any atom is 0.433 e. The first-order valence-electron chi connectivity index (χ1n) is 8.92. The van der Waals surface area contributed by atoms with Crippen LogP contribution in [0.5, 0.6) is 5.75 Å². The fraction of sp³-hybridized carbons (Fsp3) is 0.150. The number of carbonyl (C=O) groups is 1. The summed E-state index contributed by atoms with van der Waals surface area (Å²) in [6.07, 6.45) is -4.59. The molecule has 0 aliphatic heterocycles. The van der Waals surface area contributed by atoms with Crippen molar-refractivity contribution >= 4 is 43.9 Å². The molecule has 166 valence electrons. The topological polar surface area (TPSA) is 64.1 Å². The lowest BCUT2D eigenvalue weighted by atomic mass is 10.1. The molecule has 0 bridgehead atoms. The first-order valence-corrected chi connectivity index (χ1v) is 10.6. The van der Waals surface area contributed by atoms with Crippen molar-refractivity contribution in [2.24, 2.45) is 0 Å². The third-order valence-corrected chi connectivity index (χ3v) is 6.36. The van der Waals surface area contributed by atoms with E-state index in [0.29, 0.717) is 22.2 Å². The maximum atomic E-state index is 12.9. The molecule has 0 fully saturated rings. The Morgan fingerprint density at radius 2 is 1.88 bits per heavy atom. The molecule has 0 aliphatic carbocycles. The Morgan fingerprint density at radius 3 is 2.59 bits per heavy atom. The van der Waals surface area contributed by atoms with Crippen LogP contribution in [0.15, 0.2) is 41.8 Å². The van der Waals surface area contributed by atoms with E-state index in [9.17, 15) is 26.7 Å². The highest BCUT2D eigenvalue weighted by atomic mass is 32.1. The quantitative estimate of drug-likeness (QED) is 0.324. The number of rotatable bonds is 5. The molecule has 32 heavy (non-hydrogen) atoms. The summed E-state index contributed by atoms with van der Waals surface area (Å²) in [6, 6.07) is 8.26. The number of amides is 1. The summed E-state index contributed by atoms with van der Waals surface area (Å²) < 4.78 is 68.5. The van der Waals surface area contributed by atoms with Gasteiger partial charge in [-0.05, 0) is 36.8 Å². The number of thiophene rings is 1. The van der Waals surface area contributed by atoms with Gasteiger partial charge in [0, 0.05) is 16.3 Å². The van der Waals surface area contributed by atoms with Crippen molar-refractivity contribution in [1.29, 1.82) is 0 Å². The molecule has 4 rings (SSSR count). The van der Waals surface area contributed by atoms with Gasteiger partial charge in [0.15, 0.2) is 5.13 Å². The number of nitrogens with zero attached hydrogens (tertiary/aromatic N) is 2. The van der Waals surface area contributed by atoms with E-state index in [1.807, 2.05) is 0 Å². The van der Waals surface area contributed by atoms with Gasteiger partial charge in [0.1, 0.15) is 16.3 Å². The summed E-state index contributed by atoms with van der Waals surface area (Å²) in [5, 5.41) is 4.81. The lowest BCUT2D eigenvalue weighted by Crippen LogP contribution is -2.11. The largest absolute Gasteiger partial charge is 0.434 e. The minimum absolute atomic E-state index is 0.0578. The Morgan fingerprint density at radius 1 is 1.12 bits per heavy atom. The lowest BCUT2D eigenvalue weighted by Gasteiger charge is -2.08. The van der Waals surface area contributed by atoms with E-state index in [4.69, 9.17) is 0 Å². The maximum absolute atomic E-state index is 12.9. The lowest BCUT2D eigenvalue weighted by molar-refractivity contribution is -0.140. The Balaban J connectivity index is 1.59. The molecule has 1 aromatic carbocycles. The van der Waals surface area contributed by atoms with Gasteiger partial charge in [0.2, 0.25) is 0 Å². The molecule has 0 saturated carbocycles. The molecule has 0 radical (unpaired) electrons. The zero-order valence-electron chi connectivity index (χ0n) is 16.0. The molecular formula is C20H12F5N3O2S2. The van der Waals surface area contributed by atoms with E-state index in [0.717, 1.165) is 28.7 Å². The van der Waals surface area contributed by atoms with E-state index in [2.05, 4.69) is 20.0 Å². The summed E-state index contributed by atoms with van der Waals surface area (Å²) in [6.45, 7) is -1.38. The number of para-hydroxylation sites is 1. The molecule has 1 amide bonds. The van der Waals surface area contributed by atoms with Gasteiger partial charge in [0.25, 0.3) is 5.91 Å². The predicted octanol–water partition coefficient (Wildman–Crippen LogP) is 6.60. The molecule has 0 atom stereocenters. The van der Waals surface area contributed by atoms with E-state index in [-0.39, 0.29) is 20.6 Å². The number of ether oxygens (including phenoxy) is 1. The number of pyridine rings is 1. The predicted molar refractivity (Wildman–Crippen MR) is 111 cm³/mol. The molecule has 0 aliphatic rings. The minimum Gasteiger partial charge on any atom is -0.434 e. The second-order valence-corrected chi connectivity index (χ2v) is 8.33. The number of hydrogen-bond acceptors (Lipinski definition) is 6. The van der Waals surface area contributed by atoms with Crippen molar-refractivity contribution in [2.75, 3.05) is 5.32 Å². The molecule has 5 nitrogen and oxygen atoms in total. The fourth-order valence-corrected chi connectivity index (χ4v) is 4.74. The Hall–Kier alpha value is -3.12. The number of thiazole rings is 1. The average molecular weight is 485 g/mol. The first kappa shape index (κ1) is 22.1. The van der Waals surface area contributed by atoms with Crippen LogP contribution < -0.4 is 10.1 Å². The smallest absolute Gasteiger partial charge is 0.433 e. The molecule has 1 N–H and O–H groups in total. The SMILES string of the molecule is Cc1c(C(=O)Nc2nc(-c3ccccc3OC(F)F)cs2)sc2nc(C(F)(F)F)ccc12. The summed E-state index contributed by atoms with van der Waals surface area (Å²) in [5.74, 6) is -0.616. The zero-order valence-corrected chi connectivity index (χ0v) is 17.7. The monoisotopic (exact) mass is 485 g/mol. The van der Waals surface area contributed by atoms with Gasteiger partial charge < -0.3 is 4.74 Å². The number of benzene rings is 1. The highest BCUT2D eigenvalue weighted by Crippen LogP contribution is 2.36. The van der Waals surface area contributed by atoms with E-state index in [1.54, 1.807) is 30.5 Å². The van der Waals surface area contributed by atoms with Crippen molar-refractivity contribution in [2.45, 2.75) is 19.7 Å². The number of alkyl halides is 5. The summed E-state index contributed by atoms with van der Waals surface area (Å²) in [4.78, 5) is 20.9. The van der Waals surface area contributed by atoms with E-state index in [1.165, 1.54) is 12.1 Å². The van der Waals surface area contributed by atoms with Gasteiger partial charge in [-0.3, -0.25) is 10.1 Å². The number of carbonyl (C=O) groups excluding carboxylic acids is 1. The van der Waals surface area contributed by atoms with E-state index < -0.39 is 24.4 Å². The Bertz CT molecular complexity index is 1300. The van der Waals surface area contributed by atoms with Crippen LogP contribution in [0, 0.1) is 6.92 Å². The number of nitrogens with one attached hydrogen (secondary N) is 1. The van der Waals surface area contributed by atoms with Gasteiger partial charge >= 0.3 is 12.8 Å². The van der Waals surface area contributed by atoms with Gasteiger partial charge in [-0.1, -0.05) is 12.1 Å². The molecular weight excluding hydrogens is 473 g/mol. The van der Waals surface area contributed by atoms with Crippen LogP contribution in [-0.2, 0) is 6.18 Å². The normalized spacial score (nSPS) is 11.8. The van der Waals surface area contributed by atoms with Crippen LogP contribution in [0.2, 0.25) is 0 Å². The van der Waals surface area contributed by atoms with Crippen molar-refractivity contribution < 1.29 is 31.5 Å². The van der Waals surface area contributed by atoms with Crippen molar-refractivity contribution in [3.05, 3.63) is 57.9 Å². The van der Waals surface area contributed by atoms with Crippen molar-refractivity contribution in [3.63, 3.8) is 0 Å². The number of halogens is 5. The molecule has 0 unspecified atom stereocenters. The average Bonchev–Trinajstić information content (AvgIpc) is 3.31. The Labute approximate surface area is 185 Å². The number of aryl methyl sites for hydroxylation is 1. The van der Waals surface area contributed by atoms with Crippen molar-refractivity contribution in [3.8, 4) is 17.0 Å². The number of hydrogen-bond donors (Lipinski definition) is 1. The molecule has 12 heteroatoms. The number of aromatic nitrogens is 2. The summed E-state index contributed by atoms with van der Waals surface area (Å²) in [5.41, 5.74) is 0.112. The molecule has 3 heterocycles.